The predicted molar refractivity (Wildman–Crippen MR) is 115 cm³/mol. The van der Waals surface area contributed by atoms with E-state index in [1.165, 1.54) is 20.3 Å². The highest BCUT2D eigenvalue weighted by molar-refractivity contribution is 6.06. The lowest BCUT2D eigenvalue weighted by atomic mass is 10.1. The first-order chi connectivity index (χ1) is 14.5. The molecule has 0 spiro atoms. The molecule has 30 heavy (non-hydrogen) atoms. The van der Waals surface area contributed by atoms with E-state index in [0.717, 1.165) is 11.1 Å². The molecule has 0 radical (unpaired) electrons. The number of esters is 1. The van der Waals surface area contributed by atoms with Crippen molar-refractivity contribution < 1.29 is 23.8 Å². The molecule has 0 saturated heterocycles. The summed E-state index contributed by atoms with van der Waals surface area (Å²) in [7, 11) is 3.02. The maximum atomic E-state index is 12.4. The normalized spacial score (nSPS) is 10.6. The van der Waals surface area contributed by atoms with Crippen LogP contribution in [0, 0.1) is 6.92 Å². The van der Waals surface area contributed by atoms with E-state index in [4.69, 9.17) is 14.2 Å². The quantitative estimate of drug-likeness (QED) is 0.237. The van der Waals surface area contributed by atoms with E-state index in [0.29, 0.717) is 28.4 Å². The Balaban J connectivity index is 1.66. The molecule has 0 aromatic heterocycles. The largest absolute Gasteiger partial charge is 0.493 e. The summed E-state index contributed by atoms with van der Waals surface area (Å²) in [6.45, 7) is 2.01. The summed E-state index contributed by atoms with van der Waals surface area (Å²) in [4.78, 5) is 24.7. The Morgan fingerprint density at radius 1 is 0.767 bits per heavy atom. The monoisotopic (exact) mass is 402 g/mol. The first-order valence-corrected chi connectivity index (χ1v) is 9.33. The Hall–Kier alpha value is -3.86. The molecule has 152 valence electrons. The molecule has 0 N–H and O–H groups in total. The lowest BCUT2D eigenvalue weighted by Gasteiger charge is -2.09. The minimum atomic E-state index is -0.533. The van der Waals surface area contributed by atoms with E-state index >= 15 is 0 Å². The maximum absolute atomic E-state index is 12.4. The number of ether oxygens (including phenoxy) is 3. The smallest absolute Gasteiger partial charge is 0.343 e. The second-order valence-electron chi connectivity index (χ2n) is 6.59. The van der Waals surface area contributed by atoms with E-state index < -0.39 is 5.97 Å². The zero-order valence-electron chi connectivity index (χ0n) is 17.0. The van der Waals surface area contributed by atoms with Crippen LogP contribution in [-0.4, -0.2) is 26.0 Å². The van der Waals surface area contributed by atoms with Gasteiger partial charge in [-0.05, 0) is 61.0 Å². The molecule has 0 amide bonds. The van der Waals surface area contributed by atoms with Crippen molar-refractivity contribution in [3.8, 4) is 17.2 Å². The number of carbonyl (C=O) groups excluding carboxylic acids is 2. The Bertz CT molecular complexity index is 1060. The van der Waals surface area contributed by atoms with Crippen molar-refractivity contribution in [2.75, 3.05) is 14.2 Å². The second-order valence-corrected chi connectivity index (χ2v) is 6.59. The number of ketones is 1. The van der Waals surface area contributed by atoms with E-state index in [1.807, 2.05) is 31.2 Å². The molecule has 3 aromatic rings. The fourth-order valence-electron chi connectivity index (χ4n) is 2.76. The van der Waals surface area contributed by atoms with Gasteiger partial charge in [-0.2, -0.15) is 0 Å². The molecule has 0 aliphatic heterocycles. The summed E-state index contributed by atoms with van der Waals surface area (Å²) in [5, 5.41) is 0. The standard InChI is InChI=1S/C25H22O5/c1-17-4-6-18(7-5-17)8-14-22(26)19-9-12-21(13-10-19)30-25(27)20-11-15-23(28-2)24(16-20)29-3/h4-16H,1-3H3/b14-8+. The van der Waals surface area contributed by atoms with Crippen molar-refractivity contribution in [3.63, 3.8) is 0 Å². The number of allylic oxidation sites excluding steroid dienone is 1. The molecule has 0 aliphatic carbocycles. The molecule has 0 atom stereocenters. The molecule has 3 rings (SSSR count). The lowest BCUT2D eigenvalue weighted by molar-refractivity contribution is 0.0734. The van der Waals surface area contributed by atoms with Crippen LogP contribution in [0.3, 0.4) is 0 Å². The van der Waals surface area contributed by atoms with E-state index in [2.05, 4.69) is 0 Å². The predicted octanol–water partition coefficient (Wildman–Crippen LogP) is 5.13. The van der Waals surface area contributed by atoms with Crippen molar-refractivity contribution in [3.05, 3.63) is 95.1 Å². The fourth-order valence-corrected chi connectivity index (χ4v) is 2.76. The summed E-state index contributed by atoms with van der Waals surface area (Å²) >= 11 is 0. The highest BCUT2D eigenvalue weighted by Crippen LogP contribution is 2.28. The molecule has 5 heteroatoms. The molecule has 0 unspecified atom stereocenters. The minimum Gasteiger partial charge on any atom is -0.493 e. The summed E-state index contributed by atoms with van der Waals surface area (Å²) in [5.74, 6) is 0.639. The van der Waals surface area contributed by atoms with Gasteiger partial charge in [0, 0.05) is 5.56 Å². The molecule has 0 aliphatic rings. The molecule has 0 fully saturated rings. The number of methoxy groups -OCH3 is 2. The van der Waals surface area contributed by atoms with Gasteiger partial charge in [0.2, 0.25) is 0 Å². The number of hydrogen-bond donors (Lipinski definition) is 0. The van der Waals surface area contributed by atoms with Crippen molar-refractivity contribution in [2.45, 2.75) is 6.92 Å². The SMILES string of the molecule is COc1ccc(C(=O)Oc2ccc(C(=O)/C=C/c3ccc(C)cc3)cc2)cc1OC. The summed E-state index contributed by atoms with van der Waals surface area (Å²) in [6.07, 6.45) is 3.29. The van der Waals surface area contributed by atoms with Gasteiger partial charge in [-0.25, -0.2) is 4.79 Å². The fraction of sp³-hybridized carbons (Fsp3) is 0.120. The van der Waals surface area contributed by atoms with Crippen LogP contribution in [0.25, 0.3) is 6.08 Å². The van der Waals surface area contributed by atoms with Crippen LogP contribution in [-0.2, 0) is 0 Å². The average molecular weight is 402 g/mol. The highest BCUT2D eigenvalue weighted by Gasteiger charge is 2.13. The van der Waals surface area contributed by atoms with Crippen LogP contribution in [0.5, 0.6) is 17.2 Å². The third-order valence-corrected chi connectivity index (χ3v) is 4.47. The molecule has 0 saturated carbocycles. The van der Waals surface area contributed by atoms with E-state index in [1.54, 1.807) is 48.5 Å². The van der Waals surface area contributed by atoms with Crippen LogP contribution in [0.2, 0.25) is 0 Å². The van der Waals surface area contributed by atoms with Gasteiger partial charge in [0.25, 0.3) is 0 Å². The minimum absolute atomic E-state index is 0.131. The second kappa shape index (κ2) is 9.56. The van der Waals surface area contributed by atoms with Gasteiger partial charge in [0.15, 0.2) is 17.3 Å². The van der Waals surface area contributed by atoms with Crippen molar-refractivity contribution in [2.24, 2.45) is 0 Å². The van der Waals surface area contributed by atoms with Gasteiger partial charge < -0.3 is 14.2 Å². The Morgan fingerprint density at radius 3 is 2.03 bits per heavy atom. The van der Waals surface area contributed by atoms with E-state index in [9.17, 15) is 9.59 Å². The van der Waals surface area contributed by atoms with Gasteiger partial charge in [0.1, 0.15) is 5.75 Å². The number of aryl methyl sites for hydroxylation is 1. The lowest BCUT2D eigenvalue weighted by Crippen LogP contribution is -2.09. The Kier molecular flexibility index (Phi) is 6.65. The summed E-state index contributed by atoms with van der Waals surface area (Å²) in [5.41, 5.74) is 2.95. The zero-order chi connectivity index (χ0) is 21.5. The van der Waals surface area contributed by atoms with Gasteiger partial charge in [-0.1, -0.05) is 35.9 Å². The summed E-state index contributed by atoms with van der Waals surface area (Å²) < 4.78 is 15.8. The first kappa shape index (κ1) is 20.9. The number of hydrogen-bond acceptors (Lipinski definition) is 5. The van der Waals surface area contributed by atoms with Crippen molar-refractivity contribution >= 4 is 17.8 Å². The Labute approximate surface area is 175 Å². The number of rotatable bonds is 7. The van der Waals surface area contributed by atoms with Crippen LogP contribution in [0.15, 0.2) is 72.8 Å². The number of benzene rings is 3. The van der Waals surface area contributed by atoms with Gasteiger partial charge in [0.05, 0.1) is 19.8 Å². The average Bonchev–Trinajstić information content (AvgIpc) is 2.78. The third kappa shape index (κ3) is 5.14. The van der Waals surface area contributed by atoms with E-state index in [-0.39, 0.29) is 5.78 Å². The molecule has 5 nitrogen and oxygen atoms in total. The molecule has 3 aromatic carbocycles. The van der Waals surface area contributed by atoms with Crippen LogP contribution < -0.4 is 14.2 Å². The third-order valence-electron chi connectivity index (χ3n) is 4.47. The zero-order valence-corrected chi connectivity index (χ0v) is 17.0. The van der Waals surface area contributed by atoms with Crippen LogP contribution in [0.4, 0.5) is 0 Å². The molecular weight excluding hydrogens is 380 g/mol. The molecular formula is C25H22O5. The molecule has 0 bridgehead atoms. The summed E-state index contributed by atoms with van der Waals surface area (Å²) in [6, 6.07) is 19.1. The van der Waals surface area contributed by atoms with Crippen molar-refractivity contribution in [1.82, 2.24) is 0 Å². The first-order valence-electron chi connectivity index (χ1n) is 9.33. The van der Waals surface area contributed by atoms with Gasteiger partial charge in [-0.15, -0.1) is 0 Å². The van der Waals surface area contributed by atoms with Crippen LogP contribution >= 0.6 is 0 Å². The number of carbonyl (C=O) groups is 2. The van der Waals surface area contributed by atoms with Gasteiger partial charge in [-0.3, -0.25) is 4.79 Å². The van der Waals surface area contributed by atoms with Crippen molar-refractivity contribution in [1.29, 1.82) is 0 Å². The highest BCUT2D eigenvalue weighted by atomic mass is 16.5. The van der Waals surface area contributed by atoms with Crippen LogP contribution in [0.1, 0.15) is 31.8 Å². The Morgan fingerprint density at radius 2 is 1.40 bits per heavy atom. The van der Waals surface area contributed by atoms with Gasteiger partial charge >= 0.3 is 5.97 Å². The molecule has 0 heterocycles. The maximum Gasteiger partial charge on any atom is 0.343 e. The topological polar surface area (TPSA) is 61.8 Å².